The lowest BCUT2D eigenvalue weighted by atomic mass is 10.2. The van der Waals surface area contributed by atoms with E-state index in [0.29, 0.717) is 17.2 Å². The largest absolute Gasteiger partial charge is 0.456 e. The highest BCUT2D eigenvalue weighted by atomic mass is 32.2. The van der Waals surface area contributed by atoms with Crippen molar-refractivity contribution in [1.29, 1.82) is 0 Å². The Morgan fingerprint density at radius 3 is 2.75 bits per heavy atom. The second-order valence-corrected chi connectivity index (χ2v) is 8.75. The first-order valence-corrected chi connectivity index (χ1v) is 11.6. The van der Waals surface area contributed by atoms with Crippen molar-refractivity contribution in [2.45, 2.75) is 39.3 Å². The lowest BCUT2D eigenvalue weighted by Gasteiger charge is -2.15. The van der Waals surface area contributed by atoms with Crippen LogP contribution in [0.2, 0.25) is 0 Å². The summed E-state index contributed by atoms with van der Waals surface area (Å²) in [4.78, 5) is 64.3. The third-order valence-corrected chi connectivity index (χ3v) is 5.70. The third kappa shape index (κ3) is 8.63. The summed E-state index contributed by atoms with van der Waals surface area (Å²) >= 11 is 2.37. The van der Waals surface area contributed by atoms with Crippen molar-refractivity contribution >= 4 is 51.9 Å². The summed E-state index contributed by atoms with van der Waals surface area (Å²) in [5.74, 6) is -1.79. The molecule has 0 aliphatic carbocycles. The molecule has 32 heavy (non-hydrogen) atoms. The molecule has 0 unspecified atom stereocenters. The van der Waals surface area contributed by atoms with Crippen molar-refractivity contribution in [3.63, 3.8) is 0 Å². The third-order valence-electron chi connectivity index (χ3n) is 4.01. The van der Waals surface area contributed by atoms with Gasteiger partial charge < -0.3 is 20.7 Å². The molecule has 2 rings (SSSR count). The van der Waals surface area contributed by atoms with Gasteiger partial charge in [0.05, 0.1) is 13.0 Å². The number of esters is 1. The summed E-state index contributed by atoms with van der Waals surface area (Å²) in [5, 5.41) is 9.55. The quantitative estimate of drug-likeness (QED) is 0.251. The minimum absolute atomic E-state index is 0.00619. The fraction of sp³-hybridized carbons (Fsp3) is 0.400. The Hall–Kier alpha value is -2.99. The number of thioether (sulfide) groups is 1. The molecule has 172 valence electrons. The highest BCUT2D eigenvalue weighted by Gasteiger charge is 2.20. The molecule has 0 spiro atoms. The average molecular weight is 481 g/mol. The van der Waals surface area contributed by atoms with Crippen LogP contribution in [0.1, 0.15) is 42.2 Å². The Morgan fingerprint density at radius 1 is 1.25 bits per heavy atom. The van der Waals surface area contributed by atoms with Gasteiger partial charge in [0.15, 0.2) is 5.12 Å². The molecule has 3 amide bonds. The number of thiazole rings is 1. The highest BCUT2D eigenvalue weighted by Crippen LogP contribution is 2.11. The van der Waals surface area contributed by atoms with E-state index in [9.17, 15) is 24.0 Å². The van der Waals surface area contributed by atoms with Crippen LogP contribution >= 0.6 is 23.1 Å². The predicted octanol–water partition coefficient (Wildman–Crippen LogP) is 1.05. The maximum absolute atomic E-state index is 12.3. The number of amides is 3. The van der Waals surface area contributed by atoms with Crippen LogP contribution in [0, 0.1) is 0 Å². The Labute approximate surface area is 193 Å². The van der Waals surface area contributed by atoms with Crippen LogP contribution in [0.4, 0.5) is 0 Å². The second kappa shape index (κ2) is 12.8. The van der Waals surface area contributed by atoms with E-state index in [-0.39, 0.29) is 35.4 Å². The zero-order valence-electron chi connectivity index (χ0n) is 17.6. The van der Waals surface area contributed by atoms with Crippen LogP contribution in [0.3, 0.4) is 0 Å². The van der Waals surface area contributed by atoms with Gasteiger partial charge in [0.25, 0.3) is 11.8 Å². The molecule has 12 heteroatoms. The normalized spacial score (nSPS) is 19.9. The summed E-state index contributed by atoms with van der Waals surface area (Å²) in [6.45, 7) is 2.71. The molecule has 0 saturated carbocycles. The number of ether oxygens (including phenoxy) is 1. The summed E-state index contributed by atoms with van der Waals surface area (Å²) in [6, 6.07) is 0. The number of allylic oxidation sites excluding steroid dienone is 2. The minimum atomic E-state index is -0.845. The number of aromatic nitrogens is 1. The average Bonchev–Trinajstić information content (AvgIpc) is 3.22. The van der Waals surface area contributed by atoms with Gasteiger partial charge in [-0.05, 0) is 19.4 Å². The van der Waals surface area contributed by atoms with Crippen LogP contribution in [-0.2, 0) is 30.5 Å². The Balaban J connectivity index is 2.14. The van der Waals surface area contributed by atoms with E-state index >= 15 is 0 Å². The molecule has 2 bridgehead atoms. The van der Waals surface area contributed by atoms with E-state index in [1.165, 1.54) is 41.5 Å². The van der Waals surface area contributed by atoms with Crippen molar-refractivity contribution in [2.75, 3.05) is 12.3 Å². The minimum Gasteiger partial charge on any atom is -0.456 e. The first-order chi connectivity index (χ1) is 15.3. The number of hydrogen-bond acceptors (Lipinski definition) is 9. The Kier molecular flexibility index (Phi) is 10.1. The zero-order chi connectivity index (χ0) is 23.5. The van der Waals surface area contributed by atoms with Crippen LogP contribution in [0.25, 0.3) is 0 Å². The summed E-state index contributed by atoms with van der Waals surface area (Å²) in [6.07, 6.45) is 4.31. The number of nitrogens with zero attached hydrogens (tertiary/aromatic N) is 1. The van der Waals surface area contributed by atoms with E-state index in [0.717, 1.165) is 0 Å². The van der Waals surface area contributed by atoms with Gasteiger partial charge in [-0.15, -0.1) is 11.3 Å². The molecule has 10 nitrogen and oxygen atoms in total. The fourth-order valence-electron chi connectivity index (χ4n) is 2.50. The van der Waals surface area contributed by atoms with Crippen LogP contribution in [0.5, 0.6) is 0 Å². The summed E-state index contributed by atoms with van der Waals surface area (Å²) < 4.78 is 5.32. The molecular weight excluding hydrogens is 456 g/mol. The maximum Gasteiger partial charge on any atom is 0.326 e. The van der Waals surface area contributed by atoms with Gasteiger partial charge in [0.1, 0.15) is 29.0 Å². The Morgan fingerprint density at radius 2 is 2.03 bits per heavy atom. The van der Waals surface area contributed by atoms with E-state index < -0.39 is 30.4 Å². The van der Waals surface area contributed by atoms with Crippen molar-refractivity contribution < 1.29 is 28.7 Å². The topological polar surface area (TPSA) is 144 Å². The first kappa shape index (κ1) is 25.3. The summed E-state index contributed by atoms with van der Waals surface area (Å²) in [5.41, 5.74) is 0.0827. The number of nitrogens with one attached hydrogen (secondary N) is 3. The molecule has 2 heterocycles. The van der Waals surface area contributed by atoms with Crippen molar-refractivity contribution in [1.82, 2.24) is 20.9 Å². The molecule has 0 radical (unpaired) electrons. The molecule has 3 N–H and O–H groups in total. The van der Waals surface area contributed by atoms with Gasteiger partial charge >= 0.3 is 5.97 Å². The zero-order valence-corrected chi connectivity index (χ0v) is 19.3. The number of fused-ring (bicyclic) bond motifs is 2. The number of carbonyl (C=O) groups is 5. The van der Waals surface area contributed by atoms with Crippen LogP contribution in [0.15, 0.2) is 29.3 Å². The predicted molar refractivity (Wildman–Crippen MR) is 120 cm³/mol. The molecule has 1 aromatic rings. The van der Waals surface area contributed by atoms with E-state index in [4.69, 9.17) is 4.74 Å². The monoisotopic (exact) mass is 480 g/mol. The van der Waals surface area contributed by atoms with Crippen LogP contribution in [-0.4, -0.2) is 52.2 Å². The van der Waals surface area contributed by atoms with E-state index in [1.807, 2.05) is 0 Å². The molecular formula is C20H24N4O6S2. The Bertz CT molecular complexity index is 940. The number of cyclic esters (lactones) is 1. The number of hydrogen-bond donors (Lipinski definition) is 3. The van der Waals surface area contributed by atoms with Gasteiger partial charge in [-0.1, -0.05) is 23.9 Å². The molecule has 0 aromatic carbocycles. The lowest BCUT2D eigenvalue weighted by molar-refractivity contribution is -0.147. The molecule has 0 saturated heterocycles. The smallest absolute Gasteiger partial charge is 0.326 e. The molecule has 1 aliphatic rings. The fourth-order valence-corrected chi connectivity index (χ4v) is 3.75. The van der Waals surface area contributed by atoms with Gasteiger partial charge in [-0.2, -0.15) is 0 Å². The molecule has 1 atom stereocenters. The van der Waals surface area contributed by atoms with E-state index in [1.54, 1.807) is 19.1 Å². The first-order valence-electron chi connectivity index (χ1n) is 9.75. The number of rotatable bonds is 4. The standard InChI is InChI=1S/C20H24N4O6S2/c1-3-14-19(28)22-10-18(27)30-13(6-4-5-7-31-12(2)25)8-16(26)21-9-17-23-15(11-32-17)20(29)24-14/h3-4,6,11,13H,5,7-10H2,1-2H3,(H,21,26)(H,22,28)(H,24,29)/b6-4+,14-3-/t13-/m1/s1. The van der Waals surface area contributed by atoms with Gasteiger partial charge in [-0.25, -0.2) is 4.98 Å². The van der Waals surface area contributed by atoms with Gasteiger partial charge in [-0.3, -0.25) is 24.0 Å². The van der Waals surface area contributed by atoms with Crippen molar-refractivity contribution in [2.24, 2.45) is 0 Å². The van der Waals surface area contributed by atoms with E-state index in [2.05, 4.69) is 20.9 Å². The molecule has 1 aliphatic heterocycles. The lowest BCUT2D eigenvalue weighted by Crippen LogP contribution is -2.39. The second-order valence-electron chi connectivity index (χ2n) is 6.53. The molecule has 0 fully saturated rings. The van der Waals surface area contributed by atoms with Crippen molar-refractivity contribution in [3.8, 4) is 0 Å². The number of carbonyl (C=O) groups excluding carboxylic acids is 5. The maximum atomic E-state index is 12.3. The van der Waals surface area contributed by atoms with Gasteiger partial charge in [0, 0.05) is 18.1 Å². The summed E-state index contributed by atoms with van der Waals surface area (Å²) in [7, 11) is 0. The van der Waals surface area contributed by atoms with Crippen LogP contribution < -0.4 is 16.0 Å². The SMILES string of the molecule is C/C=C1\NC(=O)c2csc(n2)CNC(=O)C[C@@H](/C=C/CCSC(C)=O)OC(=O)CNC1=O. The van der Waals surface area contributed by atoms with Gasteiger partial charge in [0.2, 0.25) is 5.91 Å². The molecule has 1 aromatic heterocycles. The highest BCUT2D eigenvalue weighted by molar-refractivity contribution is 8.13. The van der Waals surface area contributed by atoms with Crippen molar-refractivity contribution in [3.05, 3.63) is 40.0 Å².